The van der Waals surface area contributed by atoms with E-state index in [-0.39, 0.29) is 11.6 Å². The van der Waals surface area contributed by atoms with E-state index in [4.69, 9.17) is 5.73 Å². The van der Waals surface area contributed by atoms with Crippen LogP contribution in [0, 0.1) is 11.6 Å². The molecule has 0 aliphatic rings. The van der Waals surface area contributed by atoms with Crippen LogP contribution in [0.4, 0.5) is 14.6 Å². The minimum atomic E-state index is -0.359. The van der Waals surface area contributed by atoms with Gasteiger partial charge >= 0.3 is 0 Å². The molecule has 0 saturated carbocycles. The second-order valence-corrected chi connectivity index (χ2v) is 4.65. The molecule has 0 radical (unpaired) electrons. The summed E-state index contributed by atoms with van der Waals surface area (Å²) in [5.74, 6) is -0.370. The number of anilines is 1. The van der Waals surface area contributed by atoms with Crippen molar-refractivity contribution in [2.75, 3.05) is 5.73 Å². The van der Waals surface area contributed by atoms with Crippen LogP contribution >= 0.6 is 0 Å². The molecule has 0 spiro atoms. The minimum absolute atomic E-state index is 0.328. The summed E-state index contributed by atoms with van der Waals surface area (Å²) >= 11 is 0. The van der Waals surface area contributed by atoms with Crippen molar-refractivity contribution in [1.82, 2.24) is 4.98 Å². The van der Waals surface area contributed by atoms with Crippen molar-refractivity contribution in [2.24, 2.45) is 0 Å². The van der Waals surface area contributed by atoms with Crippen LogP contribution in [0.25, 0.3) is 22.4 Å². The fourth-order valence-electron chi connectivity index (χ4n) is 2.22. The maximum Gasteiger partial charge on any atom is 0.124 e. The van der Waals surface area contributed by atoms with Crippen molar-refractivity contribution in [1.29, 1.82) is 0 Å². The predicted octanol–water partition coefficient (Wildman–Crippen LogP) is 4.28. The average molecular weight is 282 g/mol. The first-order chi connectivity index (χ1) is 10.1. The Kier molecular flexibility index (Phi) is 3.36. The molecule has 21 heavy (non-hydrogen) atoms. The number of pyridine rings is 1. The Bertz CT molecular complexity index is 800. The lowest BCUT2D eigenvalue weighted by atomic mass is 9.99. The van der Waals surface area contributed by atoms with Crippen LogP contribution in [0.1, 0.15) is 0 Å². The van der Waals surface area contributed by atoms with E-state index >= 15 is 0 Å². The van der Waals surface area contributed by atoms with Crippen LogP contribution in [0.3, 0.4) is 0 Å². The van der Waals surface area contributed by atoms with Gasteiger partial charge in [-0.05, 0) is 42.0 Å². The van der Waals surface area contributed by atoms with Gasteiger partial charge in [0.25, 0.3) is 0 Å². The van der Waals surface area contributed by atoms with Gasteiger partial charge in [-0.1, -0.05) is 24.3 Å². The fraction of sp³-hybridized carbons (Fsp3) is 0. The van der Waals surface area contributed by atoms with E-state index in [2.05, 4.69) is 4.98 Å². The molecule has 4 heteroatoms. The van der Waals surface area contributed by atoms with E-state index in [1.807, 2.05) is 0 Å². The number of hydrogen-bond donors (Lipinski definition) is 1. The van der Waals surface area contributed by atoms with E-state index < -0.39 is 0 Å². The molecule has 1 aromatic heterocycles. The van der Waals surface area contributed by atoms with Gasteiger partial charge < -0.3 is 5.73 Å². The van der Waals surface area contributed by atoms with Crippen molar-refractivity contribution in [3.8, 4) is 22.4 Å². The molecule has 3 rings (SSSR count). The van der Waals surface area contributed by atoms with Gasteiger partial charge in [-0.2, -0.15) is 0 Å². The van der Waals surface area contributed by atoms with Crippen LogP contribution < -0.4 is 5.73 Å². The Labute approximate surface area is 120 Å². The fourth-order valence-corrected chi connectivity index (χ4v) is 2.22. The van der Waals surface area contributed by atoms with E-state index in [0.717, 1.165) is 0 Å². The second kappa shape index (κ2) is 5.32. The van der Waals surface area contributed by atoms with Crippen LogP contribution in [0.5, 0.6) is 0 Å². The third-order valence-corrected chi connectivity index (χ3v) is 3.15. The van der Waals surface area contributed by atoms with Crippen molar-refractivity contribution in [3.05, 3.63) is 72.3 Å². The summed E-state index contributed by atoms with van der Waals surface area (Å²) in [5, 5.41) is 0. The van der Waals surface area contributed by atoms with Crippen molar-refractivity contribution < 1.29 is 8.78 Å². The van der Waals surface area contributed by atoms with Crippen molar-refractivity contribution in [3.63, 3.8) is 0 Å². The van der Waals surface area contributed by atoms with Crippen molar-refractivity contribution >= 4 is 5.82 Å². The average Bonchev–Trinajstić information content (AvgIpc) is 2.47. The Morgan fingerprint density at radius 1 is 0.762 bits per heavy atom. The first kappa shape index (κ1) is 13.2. The summed E-state index contributed by atoms with van der Waals surface area (Å²) < 4.78 is 26.9. The van der Waals surface area contributed by atoms with Gasteiger partial charge in [0.2, 0.25) is 0 Å². The summed E-state index contributed by atoms with van der Waals surface area (Å²) in [7, 11) is 0. The van der Waals surface area contributed by atoms with Gasteiger partial charge in [0.15, 0.2) is 0 Å². The normalized spacial score (nSPS) is 10.6. The van der Waals surface area contributed by atoms with Crippen LogP contribution in [0.2, 0.25) is 0 Å². The van der Waals surface area contributed by atoms with Gasteiger partial charge in [0, 0.05) is 11.1 Å². The monoisotopic (exact) mass is 282 g/mol. The Morgan fingerprint density at radius 3 is 2.05 bits per heavy atom. The summed E-state index contributed by atoms with van der Waals surface area (Å²) in [5.41, 5.74) is 8.23. The summed E-state index contributed by atoms with van der Waals surface area (Å²) in [6, 6.07) is 15.7. The zero-order valence-corrected chi connectivity index (χ0v) is 11.1. The summed E-state index contributed by atoms with van der Waals surface area (Å²) in [6.45, 7) is 0. The summed E-state index contributed by atoms with van der Waals surface area (Å²) in [4.78, 5) is 4.28. The maximum atomic E-state index is 13.4. The molecule has 0 fully saturated rings. The third kappa shape index (κ3) is 2.74. The molecule has 0 saturated heterocycles. The van der Waals surface area contributed by atoms with Crippen molar-refractivity contribution in [2.45, 2.75) is 0 Å². The Morgan fingerprint density at radius 2 is 1.38 bits per heavy atom. The molecule has 2 aromatic carbocycles. The molecule has 2 nitrogen and oxygen atoms in total. The van der Waals surface area contributed by atoms with E-state index in [9.17, 15) is 8.78 Å². The van der Waals surface area contributed by atoms with Gasteiger partial charge in [0.05, 0.1) is 5.69 Å². The molecular weight excluding hydrogens is 270 g/mol. The molecule has 3 aromatic rings. The zero-order chi connectivity index (χ0) is 14.8. The lowest BCUT2D eigenvalue weighted by Gasteiger charge is -2.10. The molecule has 104 valence electrons. The lowest BCUT2D eigenvalue weighted by molar-refractivity contribution is 0.627. The summed E-state index contributed by atoms with van der Waals surface area (Å²) in [6.07, 6.45) is 0. The molecule has 1 heterocycles. The standard InChI is InChI=1S/C17H12F2N2/c18-13-5-1-3-11(9-13)15-7-8-16(20)21-17(15)12-4-2-6-14(19)10-12/h1-10H,(H2,20,21). The third-order valence-electron chi connectivity index (χ3n) is 3.15. The number of nitrogen functional groups attached to an aromatic ring is 1. The number of hydrogen-bond acceptors (Lipinski definition) is 2. The topological polar surface area (TPSA) is 38.9 Å². The number of benzene rings is 2. The van der Waals surface area contributed by atoms with Crippen LogP contribution in [-0.4, -0.2) is 4.98 Å². The van der Waals surface area contributed by atoms with E-state index in [1.165, 1.54) is 24.3 Å². The second-order valence-electron chi connectivity index (χ2n) is 4.65. The molecule has 0 unspecified atom stereocenters. The number of nitrogens with two attached hydrogens (primary N) is 1. The highest BCUT2D eigenvalue weighted by Gasteiger charge is 2.11. The highest BCUT2D eigenvalue weighted by atomic mass is 19.1. The highest BCUT2D eigenvalue weighted by Crippen LogP contribution is 2.31. The van der Waals surface area contributed by atoms with E-state index in [0.29, 0.717) is 28.2 Å². The lowest BCUT2D eigenvalue weighted by Crippen LogP contribution is -1.95. The largest absolute Gasteiger partial charge is 0.384 e. The molecule has 0 aliphatic heterocycles. The van der Waals surface area contributed by atoms with Crippen LogP contribution in [0.15, 0.2) is 60.7 Å². The van der Waals surface area contributed by atoms with Gasteiger partial charge in [-0.15, -0.1) is 0 Å². The van der Waals surface area contributed by atoms with Gasteiger partial charge in [0.1, 0.15) is 17.5 Å². The highest BCUT2D eigenvalue weighted by molar-refractivity contribution is 5.81. The van der Waals surface area contributed by atoms with Gasteiger partial charge in [-0.25, -0.2) is 13.8 Å². The van der Waals surface area contributed by atoms with E-state index in [1.54, 1.807) is 36.4 Å². The Hall–Kier alpha value is -2.75. The predicted molar refractivity (Wildman–Crippen MR) is 79.4 cm³/mol. The molecule has 0 atom stereocenters. The molecule has 0 amide bonds. The zero-order valence-electron chi connectivity index (χ0n) is 11.1. The van der Waals surface area contributed by atoms with Crippen LogP contribution in [-0.2, 0) is 0 Å². The quantitative estimate of drug-likeness (QED) is 0.762. The number of nitrogens with zero attached hydrogens (tertiary/aromatic N) is 1. The smallest absolute Gasteiger partial charge is 0.124 e. The molecule has 0 aliphatic carbocycles. The maximum absolute atomic E-state index is 13.4. The SMILES string of the molecule is Nc1ccc(-c2cccc(F)c2)c(-c2cccc(F)c2)n1. The minimum Gasteiger partial charge on any atom is -0.384 e. The number of aromatic nitrogens is 1. The number of halogens is 2. The van der Waals surface area contributed by atoms with Gasteiger partial charge in [-0.3, -0.25) is 0 Å². The molecule has 2 N–H and O–H groups in total. The first-order valence-electron chi connectivity index (χ1n) is 6.42. The molecule has 0 bridgehead atoms. The first-order valence-corrected chi connectivity index (χ1v) is 6.42. The molecular formula is C17H12F2N2. The Balaban J connectivity index is 2.22. The number of rotatable bonds is 2.